The van der Waals surface area contributed by atoms with E-state index in [1.807, 2.05) is 6.08 Å². The SMILES string of the molecule is C=CCN1CCN(C2CCNC2)CC1. The van der Waals surface area contributed by atoms with Gasteiger partial charge in [0.25, 0.3) is 0 Å². The summed E-state index contributed by atoms with van der Waals surface area (Å²) >= 11 is 0. The first kappa shape index (κ1) is 10.1. The van der Waals surface area contributed by atoms with Crippen LogP contribution < -0.4 is 5.32 Å². The number of nitrogens with zero attached hydrogens (tertiary/aromatic N) is 2. The minimum atomic E-state index is 0.806. The fraction of sp³-hybridized carbons (Fsp3) is 0.818. The maximum atomic E-state index is 3.79. The highest BCUT2D eigenvalue weighted by molar-refractivity contribution is 4.85. The molecule has 1 unspecified atom stereocenters. The molecule has 3 heteroatoms. The minimum absolute atomic E-state index is 0.806. The Morgan fingerprint density at radius 3 is 2.64 bits per heavy atom. The first-order valence-corrected chi connectivity index (χ1v) is 5.68. The van der Waals surface area contributed by atoms with Crippen molar-refractivity contribution < 1.29 is 0 Å². The summed E-state index contributed by atoms with van der Waals surface area (Å²) in [7, 11) is 0. The van der Waals surface area contributed by atoms with E-state index in [1.165, 1.54) is 45.7 Å². The molecule has 1 atom stereocenters. The van der Waals surface area contributed by atoms with Crippen LogP contribution in [-0.2, 0) is 0 Å². The Labute approximate surface area is 86.8 Å². The zero-order valence-electron chi connectivity index (χ0n) is 8.91. The van der Waals surface area contributed by atoms with Crippen LogP contribution in [0.2, 0.25) is 0 Å². The van der Waals surface area contributed by atoms with Crippen molar-refractivity contribution in [2.75, 3.05) is 45.8 Å². The Morgan fingerprint density at radius 1 is 1.29 bits per heavy atom. The maximum absolute atomic E-state index is 3.79. The molecule has 0 aromatic rings. The summed E-state index contributed by atoms with van der Waals surface area (Å²) in [6.07, 6.45) is 3.34. The van der Waals surface area contributed by atoms with Gasteiger partial charge in [0.2, 0.25) is 0 Å². The van der Waals surface area contributed by atoms with Gasteiger partial charge in [0.05, 0.1) is 0 Å². The van der Waals surface area contributed by atoms with Gasteiger partial charge in [-0.15, -0.1) is 6.58 Å². The fourth-order valence-corrected chi connectivity index (χ4v) is 2.44. The van der Waals surface area contributed by atoms with Crippen molar-refractivity contribution in [2.24, 2.45) is 0 Å². The summed E-state index contributed by atoms with van der Waals surface area (Å²) in [5.41, 5.74) is 0. The largest absolute Gasteiger partial charge is 0.315 e. The number of nitrogens with one attached hydrogen (secondary N) is 1. The average molecular weight is 195 g/mol. The lowest BCUT2D eigenvalue weighted by atomic mass is 10.2. The second-order valence-corrected chi connectivity index (χ2v) is 4.27. The Balaban J connectivity index is 1.74. The highest BCUT2D eigenvalue weighted by Crippen LogP contribution is 2.11. The third kappa shape index (κ3) is 2.35. The topological polar surface area (TPSA) is 18.5 Å². The molecule has 1 N–H and O–H groups in total. The van der Waals surface area contributed by atoms with E-state index in [0.29, 0.717) is 0 Å². The Kier molecular flexibility index (Phi) is 3.56. The lowest BCUT2D eigenvalue weighted by molar-refractivity contribution is 0.110. The summed E-state index contributed by atoms with van der Waals surface area (Å²) in [6, 6.07) is 0.806. The third-order valence-electron chi connectivity index (χ3n) is 3.34. The maximum Gasteiger partial charge on any atom is 0.0233 e. The standard InChI is InChI=1S/C11H21N3/c1-2-5-13-6-8-14(9-7-13)11-3-4-12-10-11/h2,11-12H,1,3-10H2. The van der Waals surface area contributed by atoms with Crippen LogP contribution in [0.3, 0.4) is 0 Å². The lowest BCUT2D eigenvalue weighted by Crippen LogP contribution is -2.50. The van der Waals surface area contributed by atoms with Crippen molar-refractivity contribution in [1.82, 2.24) is 15.1 Å². The molecule has 0 aromatic heterocycles. The molecule has 2 heterocycles. The third-order valence-corrected chi connectivity index (χ3v) is 3.34. The normalized spacial score (nSPS) is 30.7. The summed E-state index contributed by atoms with van der Waals surface area (Å²) in [6.45, 7) is 12.1. The minimum Gasteiger partial charge on any atom is -0.315 e. The van der Waals surface area contributed by atoms with E-state index in [1.54, 1.807) is 0 Å². The van der Waals surface area contributed by atoms with Crippen molar-refractivity contribution in [3.8, 4) is 0 Å². The van der Waals surface area contributed by atoms with E-state index >= 15 is 0 Å². The summed E-state index contributed by atoms with van der Waals surface area (Å²) in [5, 5.41) is 3.43. The van der Waals surface area contributed by atoms with Gasteiger partial charge in [-0.05, 0) is 13.0 Å². The molecule has 0 radical (unpaired) electrons. The molecule has 0 aromatic carbocycles. The predicted octanol–water partition coefficient (Wildman–Crippen LogP) is 0.152. The Hall–Kier alpha value is -0.380. The van der Waals surface area contributed by atoms with Crippen LogP contribution >= 0.6 is 0 Å². The molecule has 0 aliphatic carbocycles. The van der Waals surface area contributed by atoms with Gasteiger partial charge in [0, 0.05) is 45.3 Å². The van der Waals surface area contributed by atoms with Crippen molar-refractivity contribution in [3.63, 3.8) is 0 Å². The van der Waals surface area contributed by atoms with Crippen molar-refractivity contribution >= 4 is 0 Å². The van der Waals surface area contributed by atoms with Gasteiger partial charge in [-0.25, -0.2) is 0 Å². The van der Waals surface area contributed by atoms with Crippen LogP contribution in [0.15, 0.2) is 12.7 Å². The van der Waals surface area contributed by atoms with Gasteiger partial charge in [0.1, 0.15) is 0 Å². The molecule has 3 nitrogen and oxygen atoms in total. The first-order chi connectivity index (χ1) is 6.90. The van der Waals surface area contributed by atoms with Gasteiger partial charge >= 0.3 is 0 Å². The number of piperazine rings is 1. The lowest BCUT2D eigenvalue weighted by Gasteiger charge is -2.37. The van der Waals surface area contributed by atoms with Crippen LogP contribution in [-0.4, -0.2) is 61.7 Å². The van der Waals surface area contributed by atoms with E-state index in [0.717, 1.165) is 12.6 Å². The molecular weight excluding hydrogens is 174 g/mol. The van der Waals surface area contributed by atoms with Gasteiger partial charge in [-0.1, -0.05) is 6.08 Å². The Morgan fingerprint density at radius 2 is 2.07 bits per heavy atom. The molecule has 0 bridgehead atoms. The zero-order chi connectivity index (χ0) is 9.80. The van der Waals surface area contributed by atoms with Crippen LogP contribution in [0.1, 0.15) is 6.42 Å². The van der Waals surface area contributed by atoms with E-state index in [9.17, 15) is 0 Å². The van der Waals surface area contributed by atoms with E-state index in [4.69, 9.17) is 0 Å². The van der Waals surface area contributed by atoms with Gasteiger partial charge in [-0.3, -0.25) is 9.80 Å². The molecule has 2 rings (SSSR count). The second-order valence-electron chi connectivity index (χ2n) is 4.27. The van der Waals surface area contributed by atoms with E-state index < -0.39 is 0 Å². The molecular formula is C11H21N3. The highest BCUT2D eigenvalue weighted by Gasteiger charge is 2.25. The van der Waals surface area contributed by atoms with Crippen molar-refractivity contribution in [1.29, 1.82) is 0 Å². The number of hydrogen-bond donors (Lipinski definition) is 1. The van der Waals surface area contributed by atoms with E-state index in [-0.39, 0.29) is 0 Å². The molecule has 0 spiro atoms. The monoisotopic (exact) mass is 195 g/mol. The summed E-state index contributed by atoms with van der Waals surface area (Å²) in [4.78, 5) is 5.12. The van der Waals surface area contributed by atoms with Gasteiger partial charge in [-0.2, -0.15) is 0 Å². The molecule has 0 saturated carbocycles. The smallest absolute Gasteiger partial charge is 0.0233 e. The Bertz CT molecular complexity index is 179. The molecule has 14 heavy (non-hydrogen) atoms. The van der Waals surface area contributed by atoms with Crippen LogP contribution in [0.5, 0.6) is 0 Å². The molecule has 0 amide bonds. The summed E-state index contributed by atoms with van der Waals surface area (Å²) < 4.78 is 0. The molecule has 2 saturated heterocycles. The number of rotatable bonds is 3. The fourth-order valence-electron chi connectivity index (χ4n) is 2.44. The van der Waals surface area contributed by atoms with Crippen molar-refractivity contribution in [2.45, 2.75) is 12.5 Å². The second kappa shape index (κ2) is 4.91. The van der Waals surface area contributed by atoms with Crippen molar-refractivity contribution in [3.05, 3.63) is 12.7 Å². The van der Waals surface area contributed by atoms with Crippen LogP contribution in [0.4, 0.5) is 0 Å². The summed E-state index contributed by atoms with van der Waals surface area (Å²) in [5.74, 6) is 0. The average Bonchev–Trinajstić information content (AvgIpc) is 2.72. The van der Waals surface area contributed by atoms with Gasteiger partial charge in [0.15, 0.2) is 0 Å². The molecule has 2 aliphatic heterocycles. The number of hydrogen-bond acceptors (Lipinski definition) is 3. The van der Waals surface area contributed by atoms with Crippen LogP contribution in [0.25, 0.3) is 0 Å². The van der Waals surface area contributed by atoms with Gasteiger partial charge < -0.3 is 5.32 Å². The van der Waals surface area contributed by atoms with Crippen LogP contribution in [0, 0.1) is 0 Å². The molecule has 2 fully saturated rings. The quantitative estimate of drug-likeness (QED) is 0.647. The molecule has 2 aliphatic rings. The zero-order valence-corrected chi connectivity index (χ0v) is 8.91. The highest BCUT2D eigenvalue weighted by atomic mass is 15.3. The first-order valence-electron chi connectivity index (χ1n) is 5.68. The predicted molar refractivity (Wildman–Crippen MR) is 59.5 cm³/mol. The van der Waals surface area contributed by atoms with E-state index in [2.05, 4.69) is 21.7 Å². The molecule has 80 valence electrons.